The summed E-state index contributed by atoms with van der Waals surface area (Å²) in [7, 11) is 0. The second-order valence-corrected chi connectivity index (χ2v) is 17.4. The number of carbonyl (C=O) groups is 7. The second kappa shape index (κ2) is 31.9. The summed E-state index contributed by atoms with van der Waals surface area (Å²) >= 11 is 0. The number of carbonyl (C=O) groups excluding carboxylic acids is 6. The molecule has 2 rings (SSSR count). The van der Waals surface area contributed by atoms with Gasteiger partial charge in [-0.05, 0) is 43.2 Å². The molecule has 18 nitrogen and oxygen atoms in total. The number of carboxylic acid groups (broad SMARTS) is 1. The highest BCUT2D eigenvalue weighted by Crippen LogP contribution is 2.14. The molecule has 0 aliphatic heterocycles. The lowest BCUT2D eigenvalue weighted by Crippen LogP contribution is -2.59. The predicted molar refractivity (Wildman–Crippen MR) is 249 cm³/mol. The standard InChI is InChI=1S/C48H73N7O11/c1-33(2)30-39(46(61)51-38(44(49)59)31-35-22-16-14-17-23-35)52-47(62)43(34(3)56)54-42(58)27-21-13-11-9-7-5-4-6-8-10-12-20-26-41(57)50-37(28-29-55(65)66)45(60)53-40(48(63)64)32-36-24-18-15-19-25-36/h14-19,22-25,33-34,37-40,43,56H,4-13,20-21,26-32H2,1-3H3,(H2,49,59)(H,50,57)(H,51,61)(H,52,62)(H,53,60)(H,54,58)(H,63,64)/t34?,37-,38-,39-,40-,43-/m0/s1. The van der Waals surface area contributed by atoms with Crippen molar-refractivity contribution in [2.24, 2.45) is 11.7 Å². The molecule has 366 valence electrons. The molecule has 0 radical (unpaired) electrons. The van der Waals surface area contributed by atoms with Crippen LogP contribution >= 0.6 is 0 Å². The fourth-order valence-electron chi connectivity index (χ4n) is 7.39. The lowest BCUT2D eigenvalue weighted by molar-refractivity contribution is -0.480. The minimum Gasteiger partial charge on any atom is -0.480 e. The first-order valence-corrected chi connectivity index (χ1v) is 23.4. The van der Waals surface area contributed by atoms with E-state index in [-0.39, 0.29) is 50.4 Å². The molecule has 6 amide bonds. The Bertz CT molecular complexity index is 1810. The third-order valence-electron chi connectivity index (χ3n) is 11.1. The summed E-state index contributed by atoms with van der Waals surface area (Å²) < 4.78 is 0. The number of nitrogens with one attached hydrogen (secondary N) is 5. The van der Waals surface area contributed by atoms with E-state index in [1.165, 1.54) is 6.92 Å². The number of amides is 6. The van der Waals surface area contributed by atoms with Gasteiger partial charge in [-0.25, -0.2) is 4.79 Å². The number of hydrogen-bond acceptors (Lipinski definition) is 10. The summed E-state index contributed by atoms with van der Waals surface area (Å²) in [5.74, 6) is -4.88. The monoisotopic (exact) mass is 924 g/mol. The summed E-state index contributed by atoms with van der Waals surface area (Å²) in [6.07, 6.45) is 10.2. The fourth-order valence-corrected chi connectivity index (χ4v) is 7.39. The van der Waals surface area contributed by atoms with Gasteiger partial charge in [-0.3, -0.25) is 38.9 Å². The molecule has 6 atom stereocenters. The largest absolute Gasteiger partial charge is 0.480 e. The molecule has 0 spiro atoms. The van der Waals surface area contributed by atoms with Crippen LogP contribution in [-0.2, 0) is 46.4 Å². The van der Waals surface area contributed by atoms with Crippen LogP contribution in [0.25, 0.3) is 0 Å². The molecule has 0 aliphatic rings. The second-order valence-electron chi connectivity index (χ2n) is 17.4. The van der Waals surface area contributed by atoms with Crippen molar-refractivity contribution in [1.29, 1.82) is 0 Å². The van der Waals surface area contributed by atoms with E-state index < -0.39 is 83.3 Å². The molecule has 2 aromatic rings. The molecule has 1 unspecified atom stereocenters. The number of primary amides is 1. The van der Waals surface area contributed by atoms with Crippen molar-refractivity contribution in [3.63, 3.8) is 0 Å². The van der Waals surface area contributed by atoms with Crippen molar-refractivity contribution in [2.45, 2.75) is 173 Å². The minimum atomic E-state index is -1.28. The Balaban J connectivity index is 1.63. The third-order valence-corrected chi connectivity index (χ3v) is 11.1. The number of aliphatic carboxylic acids is 1. The van der Waals surface area contributed by atoms with E-state index in [1.54, 1.807) is 30.3 Å². The molecule has 2 aromatic carbocycles. The fraction of sp³-hybridized carbons (Fsp3) is 0.604. The molecule has 0 fully saturated rings. The van der Waals surface area contributed by atoms with Crippen molar-refractivity contribution in [1.82, 2.24) is 26.6 Å². The van der Waals surface area contributed by atoms with Crippen LogP contribution in [0.3, 0.4) is 0 Å². The zero-order valence-electron chi connectivity index (χ0n) is 38.8. The molecule has 0 heterocycles. The maximum absolute atomic E-state index is 13.3. The number of unbranched alkanes of at least 4 members (excludes halogenated alkanes) is 11. The zero-order valence-corrected chi connectivity index (χ0v) is 38.8. The highest BCUT2D eigenvalue weighted by molar-refractivity contribution is 5.94. The van der Waals surface area contributed by atoms with Gasteiger partial charge in [-0.2, -0.15) is 0 Å². The number of benzene rings is 2. The van der Waals surface area contributed by atoms with Crippen LogP contribution < -0.4 is 32.3 Å². The van der Waals surface area contributed by atoms with Crippen molar-refractivity contribution in [3.8, 4) is 0 Å². The van der Waals surface area contributed by atoms with Crippen molar-refractivity contribution >= 4 is 41.4 Å². The highest BCUT2D eigenvalue weighted by atomic mass is 16.6. The highest BCUT2D eigenvalue weighted by Gasteiger charge is 2.32. The van der Waals surface area contributed by atoms with Crippen LogP contribution in [-0.4, -0.2) is 99.4 Å². The van der Waals surface area contributed by atoms with E-state index in [0.29, 0.717) is 18.4 Å². The lowest BCUT2D eigenvalue weighted by atomic mass is 10.0. The lowest BCUT2D eigenvalue weighted by Gasteiger charge is -2.26. The Morgan fingerprint density at radius 1 is 0.576 bits per heavy atom. The SMILES string of the molecule is CC(C)C[C@H](NC(=O)[C@@H](NC(=O)CCCCCCCCCCCCCCC(=O)N[C@@H](CC[N+](=O)[O-])C(=O)N[C@@H](Cc1ccccc1)C(=O)O)C(C)O)C(=O)N[C@@H](Cc1ccccc1)C(N)=O. The number of carboxylic acids is 1. The summed E-state index contributed by atoms with van der Waals surface area (Å²) in [4.78, 5) is 99.4. The van der Waals surface area contributed by atoms with E-state index in [0.717, 1.165) is 69.8 Å². The average molecular weight is 924 g/mol. The van der Waals surface area contributed by atoms with Crippen molar-refractivity contribution in [3.05, 3.63) is 81.9 Å². The van der Waals surface area contributed by atoms with Gasteiger partial charge in [-0.15, -0.1) is 0 Å². The van der Waals surface area contributed by atoms with Crippen LogP contribution in [0, 0.1) is 16.0 Å². The van der Waals surface area contributed by atoms with Crippen molar-refractivity contribution in [2.75, 3.05) is 6.54 Å². The molecular weight excluding hydrogens is 851 g/mol. The molecule has 9 N–H and O–H groups in total. The van der Waals surface area contributed by atoms with Crippen LogP contribution in [0.4, 0.5) is 0 Å². The van der Waals surface area contributed by atoms with E-state index in [9.17, 15) is 53.9 Å². The van der Waals surface area contributed by atoms with Gasteiger partial charge >= 0.3 is 5.97 Å². The van der Waals surface area contributed by atoms with Gasteiger partial charge < -0.3 is 42.5 Å². The Kier molecular flexibility index (Phi) is 27.2. The van der Waals surface area contributed by atoms with E-state index in [4.69, 9.17) is 5.73 Å². The maximum atomic E-state index is 13.3. The molecule has 0 aliphatic carbocycles. The van der Waals surface area contributed by atoms with Gasteiger partial charge in [-0.1, -0.05) is 139 Å². The molecular formula is C48H73N7O11. The van der Waals surface area contributed by atoms with Gasteiger partial charge in [0.05, 0.1) is 6.10 Å². The maximum Gasteiger partial charge on any atom is 0.326 e. The number of nitrogens with zero attached hydrogens (tertiary/aromatic N) is 1. The Hall–Kier alpha value is -5.91. The Morgan fingerprint density at radius 3 is 1.41 bits per heavy atom. The Labute approximate surface area is 388 Å². The minimum absolute atomic E-state index is 0.00781. The first-order valence-electron chi connectivity index (χ1n) is 23.4. The van der Waals surface area contributed by atoms with Crippen LogP contribution in [0.2, 0.25) is 0 Å². The van der Waals surface area contributed by atoms with Gasteiger partial charge in [0.25, 0.3) is 0 Å². The van der Waals surface area contributed by atoms with Gasteiger partial charge in [0, 0.05) is 37.0 Å². The number of aliphatic hydroxyl groups is 1. The first kappa shape index (κ1) is 56.2. The normalized spacial score (nSPS) is 13.8. The third kappa shape index (κ3) is 24.4. The molecule has 18 heteroatoms. The van der Waals surface area contributed by atoms with Crippen molar-refractivity contribution < 1.29 is 48.7 Å². The summed E-state index contributed by atoms with van der Waals surface area (Å²) in [6, 6.07) is 12.0. The Morgan fingerprint density at radius 2 is 0.985 bits per heavy atom. The molecule has 0 aromatic heterocycles. The average Bonchev–Trinajstić information content (AvgIpc) is 3.26. The first-order chi connectivity index (χ1) is 31.5. The van der Waals surface area contributed by atoms with Crippen LogP contribution in [0.1, 0.15) is 135 Å². The number of nitrogens with two attached hydrogens (primary N) is 1. The number of rotatable bonds is 35. The van der Waals surface area contributed by atoms with Gasteiger partial charge in [0.1, 0.15) is 30.2 Å². The molecule has 0 saturated carbocycles. The number of hydrogen-bond donors (Lipinski definition) is 8. The zero-order chi connectivity index (χ0) is 48.9. The summed E-state index contributed by atoms with van der Waals surface area (Å²) in [5, 5.41) is 43.9. The van der Waals surface area contributed by atoms with Crippen LogP contribution in [0.5, 0.6) is 0 Å². The smallest absolute Gasteiger partial charge is 0.326 e. The van der Waals surface area contributed by atoms with E-state index >= 15 is 0 Å². The predicted octanol–water partition coefficient (Wildman–Crippen LogP) is 4.02. The summed E-state index contributed by atoms with van der Waals surface area (Å²) in [5.41, 5.74) is 7.08. The number of nitro groups is 1. The summed E-state index contributed by atoms with van der Waals surface area (Å²) in [6.45, 7) is 4.58. The molecule has 66 heavy (non-hydrogen) atoms. The molecule has 0 bridgehead atoms. The number of aliphatic hydroxyl groups excluding tert-OH is 1. The van der Waals surface area contributed by atoms with E-state index in [2.05, 4.69) is 26.6 Å². The van der Waals surface area contributed by atoms with Gasteiger partial charge in [0.15, 0.2) is 0 Å². The van der Waals surface area contributed by atoms with E-state index in [1.807, 2.05) is 44.2 Å². The molecule has 0 saturated heterocycles. The topological polar surface area (TPSA) is 289 Å². The van der Waals surface area contributed by atoms with Crippen LogP contribution in [0.15, 0.2) is 60.7 Å². The quantitative estimate of drug-likeness (QED) is 0.0278. The van der Waals surface area contributed by atoms with Gasteiger partial charge in [0.2, 0.25) is 42.0 Å².